The Morgan fingerprint density at radius 2 is 1.79 bits per heavy atom. The quantitative estimate of drug-likeness (QED) is 0.432. The number of aryl methyl sites for hydroxylation is 1. The van der Waals surface area contributed by atoms with Crippen molar-refractivity contribution in [3.05, 3.63) is 70.1 Å². The van der Waals surface area contributed by atoms with Gasteiger partial charge in [0.2, 0.25) is 11.6 Å². The molecule has 8 nitrogen and oxygen atoms in total. The minimum Gasteiger partial charge on any atom is -0.478 e. The average Bonchev–Trinajstić information content (AvgIpc) is 3.03. The maximum Gasteiger partial charge on any atom is 0.442 e. The molecule has 3 aromatic rings. The van der Waals surface area contributed by atoms with Crippen LogP contribution in [0.15, 0.2) is 62.9 Å². The Balaban J connectivity index is 1.74. The summed E-state index contributed by atoms with van der Waals surface area (Å²) in [5, 5.41) is 13.8. The molecule has 0 aliphatic heterocycles. The molecule has 1 atom stereocenters. The summed E-state index contributed by atoms with van der Waals surface area (Å²) < 4.78 is 6.37. The summed E-state index contributed by atoms with van der Waals surface area (Å²) >= 11 is 1.06. The number of carbonyl (C=O) groups excluding carboxylic acids is 1. The number of thioether (sulfide) groups is 1. The first-order valence-electron chi connectivity index (χ1n) is 8.36. The number of carbonyl (C=O) groups is 2. The van der Waals surface area contributed by atoms with Crippen LogP contribution < -0.4 is 15.6 Å². The van der Waals surface area contributed by atoms with Gasteiger partial charge in [0.1, 0.15) is 0 Å². The van der Waals surface area contributed by atoms with Crippen LogP contribution in [-0.4, -0.2) is 27.5 Å². The van der Waals surface area contributed by atoms with E-state index in [1.165, 1.54) is 28.9 Å². The van der Waals surface area contributed by atoms with E-state index in [2.05, 4.69) is 10.6 Å². The van der Waals surface area contributed by atoms with E-state index in [1.54, 1.807) is 6.92 Å². The van der Waals surface area contributed by atoms with Gasteiger partial charge in [0.25, 0.3) is 0 Å². The highest BCUT2D eigenvalue weighted by Crippen LogP contribution is 2.20. The Hall–Kier alpha value is -3.33. The monoisotopic (exact) mass is 400 g/mol. The number of hydrogen-bond donors (Lipinski definition) is 3. The number of rotatable bonds is 6. The van der Waals surface area contributed by atoms with Crippen LogP contribution in [0.3, 0.4) is 0 Å². The molecule has 1 heterocycles. The molecule has 1 unspecified atom stereocenters. The van der Waals surface area contributed by atoms with Gasteiger partial charge in [-0.05, 0) is 59.8 Å². The fraction of sp³-hybridized carbons (Fsp3) is 0.158. The number of amides is 1. The van der Waals surface area contributed by atoms with Crippen LogP contribution in [0.5, 0.6) is 0 Å². The number of benzene rings is 2. The number of aromatic amines is 1. The summed E-state index contributed by atoms with van der Waals surface area (Å²) in [6, 6.07) is 13.3. The highest BCUT2D eigenvalue weighted by Gasteiger charge is 2.29. The Morgan fingerprint density at radius 3 is 2.39 bits per heavy atom. The van der Waals surface area contributed by atoms with Crippen molar-refractivity contribution in [3.8, 4) is 5.69 Å². The summed E-state index contributed by atoms with van der Waals surface area (Å²) in [7, 11) is 0. The van der Waals surface area contributed by atoms with Crippen molar-refractivity contribution in [3.63, 3.8) is 0 Å². The van der Waals surface area contributed by atoms with E-state index in [-0.39, 0.29) is 16.5 Å². The Kier molecular flexibility index (Phi) is 5.65. The molecule has 0 radical (unpaired) electrons. The van der Waals surface area contributed by atoms with Gasteiger partial charge < -0.3 is 10.4 Å². The van der Waals surface area contributed by atoms with Gasteiger partial charge in [0.05, 0.1) is 10.8 Å². The van der Waals surface area contributed by atoms with Gasteiger partial charge in [-0.25, -0.2) is 9.59 Å². The van der Waals surface area contributed by atoms with Crippen molar-refractivity contribution < 1.29 is 23.9 Å². The Bertz CT molecular complexity index is 1050. The lowest BCUT2D eigenvalue weighted by Crippen LogP contribution is -2.37. The van der Waals surface area contributed by atoms with Gasteiger partial charge >= 0.3 is 16.6 Å². The maximum atomic E-state index is 12.5. The van der Waals surface area contributed by atoms with Crippen molar-refractivity contribution in [2.24, 2.45) is 0 Å². The number of carboxylic acids is 1. The number of H-pyrrole nitrogens is 1. The number of aromatic carboxylic acids is 1. The first-order valence-corrected chi connectivity index (χ1v) is 9.24. The first-order chi connectivity index (χ1) is 13.3. The van der Waals surface area contributed by atoms with Crippen molar-refractivity contribution in [1.29, 1.82) is 0 Å². The minimum absolute atomic E-state index is 0.129. The molecule has 3 rings (SSSR count). The van der Waals surface area contributed by atoms with Crippen LogP contribution in [0.4, 0.5) is 5.69 Å². The molecule has 3 N–H and O–H groups in total. The number of carboxylic acid groups (broad SMARTS) is 1. The zero-order valence-electron chi connectivity index (χ0n) is 15.1. The Morgan fingerprint density at radius 1 is 1.14 bits per heavy atom. The van der Waals surface area contributed by atoms with E-state index in [0.29, 0.717) is 11.4 Å². The molecule has 1 amide bonds. The van der Waals surface area contributed by atoms with E-state index < -0.39 is 16.8 Å². The standard InChI is InChI=1S/C19H17N3O5S/c1-11-3-9-15(10-4-11)22-17(19(26)27-21-22)28-12(2)16(23)20-14-7-5-13(6-8-14)18(24)25/h3-10,12H,1-2H3,(H2-,20,21,23,24,25,26)/p+1. The third-order valence-electron chi connectivity index (χ3n) is 3.96. The highest BCUT2D eigenvalue weighted by atomic mass is 32.2. The largest absolute Gasteiger partial charge is 0.478 e. The van der Waals surface area contributed by atoms with E-state index >= 15 is 0 Å². The molecule has 0 spiro atoms. The molecule has 0 aliphatic rings. The van der Waals surface area contributed by atoms with Crippen LogP contribution in [-0.2, 0) is 4.79 Å². The van der Waals surface area contributed by atoms with Gasteiger partial charge in [0.15, 0.2) is 0 Å². The molecule has 9 heteroatoms. The maximum absolute atomic E-state index is 12.5. The van der Waals surface area contributed by atoms with E-state index in [0.717, 1.165) is 17.3 Å². The van der Waals surface area contributed by atoms with Crippen LogP contribution >= 0.6 is 11.8 Å². The average molecular weight is 400 g/mol. The SMILES string of the molecule is Cc1ccc(-[n+]2[nH]oc(=O)c2SC(C)C(=O)Nc2ccc(C(=O)O)cc2)cc1. The topological polar surface area (TPSA) is 116 Å². The van der Waals surface area contributed by atoms with Crippen LogP contribution in [0.25, 0.3) is 5.69 Å². The Labute approximate surface area is 164 Å². The summed E-state index contributed by atoms with van der Waals surface area (Å²) in [4.78, 5) is 35.4. The van der Waals surface area contributed by atoms with Crippen LogP contribution in [0.2, 0.25) is 0 Å². The first kappa shape index (κ1) is 19.4. The van der Waals surface area contributed by atoms with Crippen molar-refractivity contribution in [2.75, 3.05) is 5.32 Å². The molecule has 0 fully saturated rings. The fourth-order valence-electron chi connectivity index (χ4n) is 2.39. The molecular weight excluding hydrogens is 382 g/mol. The number of hydrogen-bond acceptors (Lipinski definition) is 5. The molecule has 0 saturated carbocycles. The molecule has 2 aromatic carbocycles. The number of aromatic nitrogens is 2. The second-order valence-corrected chi connectivity index (χ2v) is 7.42. The van der Waals surface area contributed by atoms with Crippen molar-refractivity contribution >= 4 is 29.3 Å². The molecule has 28 heavy (non-hydrogen) atoms. The fourth-order valence-corrected chi connectivity index (χ4v) is 3.28. The van der Waals surface area contributed by atoms with E-state index in [4.69, 9.17) is 9.63 Å². The molecule has 0 bridgehead atoms. The lowest BCUT2D eigenvalue weighted by Gasteiger charge is -2.09. The summed E-state index contributed by atoms with van der Waals surface area (Å²) in [6.07, 6.45) is 0. The van der Waals surface area contributed by atoms with Crippen molar-refractivity contribution in [2.45, 2.75) is 24.1 Å². The second-order valence-electron chi connectivity index (χ2n) is 6.09. The number of nitrogens with zero attached hydrogens (tertiary/aromatic N) is 1. The number of nitrogens with one attached hydrogen (secondary N) is 2. The molecule has 0 aliphatic carbocycles. The molecule has 1 aromatic heterocycles. The number of anilines is 1. The third kappa shape index (κ3) is 4.32. The van der Waals surface area contributed by atoms with Gasteiger partial charge in [-0.2, -0.15) is 0 Å². The lowest BCUT2D eigenvalue weighted by molar-refractivity contribution is -0.704. The predicted octanol–water partition coefficient (Wildman–Crippen LogP) is 2.37. The second kappa shape index (κ2) is 8.13. The van der Waals surface area contributed by atoms with E-state index in [1.807, 2.05) is 31.2 Å². The third-order valence-corrected chi connectivity index (χ3v) is 5.10. The normalized spacial score (nSPS) is 11.8. The molecule has 0 saturated heterocycles. The lowest BCUT2D eigenvalue weighted by atomic mass is 10.2. The van der Waals surface area contributed by atoms with Gasteiger partial charge in [0, 0.05) is 17.8 Å². The van der Waals surface area contributed by atoms with Gasteiger partial charge in [-0.3, -0.25) is 9.32 Å². The van der Waals surface area contributed by atoms with E-state index in [9.17, 15) is 14.4 Å². The highest BCUT2D eigenvalue weighted by molar-refractivity contribution is 8.00. The minimum atomic E-state index is -1.04. The van der Waals surface area contributed by atoms with Gasteiger partial charge in [-0.15, -0.1) is 0 Å². The predicted molar refractivity (Wildman–Crippen MR) is 103 cm³/mol. The summed E-state index contributed by atoms with van der Waals surface area (Å²) in [5.41, 5.74) is 1.80. The molecule has 144 valence electrons. The van der Waals surface area contributed by atoms with Crippen LogP contribution in [0.1, 0.15) is 22.8 Å². The van der Waals surface area contributed by atoms with Crippen molar-refractivity contribution in [1.82, 2.24) is 5.27 Å². The summed E-state index contributed by atoms with van der Waals surface area (Å²) in [6.45, 7) is 3.62. The summed E-state index contributed by atoms with van der Waals surface area (Å²) in [5.74, 6) is -1.37. The zero-order valence-corrected chi connectivity index (χ0v) is 15.9. The zero-order chi connectivity index (χ0) is 20.3. The van der Waals surface area contributed by atoms with Crippen LogP contribution in [0, 0.1) is 6.92 Å². The molecular formula is C19H18N3O5S+. The smallest absolute Gasteiger partial charge is 0.442 e. The van der Waals surface area contributed by atoms with Gasteiger partial charge in [-0.1, -0.05) is 17.7 Å².